The number of H-pyrrole nitrogens is 1. The van der Waals surface area contributed by atoms with Crippen LogP contribution in [0.25, 0.3) is 10.9 Å². The van der Waals surface area contributed by atoms with Crippen molar-refractivity contribution >= 4 is 16.8 Å². The van der Waals surface area contributed by atoms with Crippen molar-refractivity contribution in [3.8, 4) is 5.75 Å². The third-order valence-corrected chi connectivity index (χ3v) is 5.10. The number of carbonyl (C=O) groups excluding carboxylic acids is 1. The van der Waals surface area contributed by atoms with E-state index in [0.29, 0.717) is 17.9 Å². The second-order valence-corrected chi connectivity index (χ2v) is 7.34. The number of para-hydroxylation sites is 1. The summed E-state index contributed by atoms with van der Waals surface area (Å²) in [4.78, 5) is 27.9. The fourth-order valence-corrected chi connectivity index (χ4v) is 3.87. The quantitative estimate of drug-likeness (QED) is 0.568. The highest BCUT2D eigenvalue weighted by Crippen LogP contribution is 2.29. The molecule has 1 amide bonds. The molecule has 1 aromatic carbocycles. The van der Waals surface area contributed by atoms with E-state index in [2.05, 4.69) is 15.0 Å². The summed E-state index contributed by atoms with van der Waals surface area (Å²) in [5, 5.41) is 3.43. The SMILES string of the molecule is COCC(C)n1c(C)c(C(=O)NCc2c(OC(F)F)cc(C)[nH]c2=O)c2ccccc21. The van der Waals surface area contributed by atoms with Gasteiger partial charge in [0.05, 0.1) is 30.3 Å². The van der Waals surface area contributed by atoms with Crippen LogP contribution >= 0.6 is 0 Å². The average molecular weight is 433 g/mol. The van der Waals surface area contributed by atoms with E-state index in [1.54, 1.807) is 14.0 Å². The first kappa shape index (κ1) is 22.5. The Kier molecular flexibility index (Phi) is 6.74. The number of pyridine rings is 1. The number of fused-ring (bicyclic) bond motifs is 1. The normalized spacial score (nSPS) is 12.4. The highest BCUT2D eigenvalue weighted by Gasteiger charge is 2.23. The molecule has 0 spiro atoms. The van der Waals surface area contributed by atoms with Gasteiger partial charge < -0.3 is 24.3 Å². The van der Waals surface area contributed by atoms with Gasteiger partial charge in [-0.1, -0.05) is 18.2 Å². The molecule has 0 radical (unpaired) electrons. The molecule has 2 N–H and O–H groups in total. The molecule has 7 nitrogen and oxygen atoms in total. The lowest BCUT2D eigenvalue weighted by molar-refractivity contribution is -0.0506. The molecule has 31 heavy (non-hydrogen) atoms. The maximum absolute atomic E-state index is 13.1. The largest absolute Gasteiger partial charge is 0.434 e. The van der Waals surface area contributed by atoms with Crippen molar-refractivity contribution in [3.63, 3.8) is 0 Å². The first-order valence-corrected chi connectivity index (χ1v) is 9.78. The minimum absolute atomic E-state index is 0.0116. The molecule has 0 saturated carbocycles. The standard InChI is InChI=1S/C22H25F2N3O4/c1-12-9-18(31-22(23)24)16(20(28)26-12)10-25-21(29)19-14(3)27(13(2)11-30-4)17-8-6-5-7-15(17)19/h5-9,13,22H,10-11H2,1-4H3,(H,25,29)(H,26,28). The molecule has 0 aliphatic heterocycles. The van der Waals surface area contributed by atoms with Crippen LogP contribution in [0, 0.1) is 13.8 Å². The molecule has 0 fully saturated rings. The fraction of sp³-hybridized carbons (Fsp3) is 0.364. The van der Waals surface area contributed by atoms with Crippen molar-refractivity contribution in [2.24, 2.45) is 0 Å². The van der Waals surface area contributed by atoms with E-state index < -0.39 is 18.1 Å². The van der Waals surface area contributed by atoms with Gasteiger partial charge in [-0.25, -0.2) is 0 Å². The van der Waals surface area contributed by atoms with Gasteiger partial charge in [-0.2, -0.15) is 8.78 Å². The zero-order valence-electron chi connectivity index (χ0n) is 17.8. The number of methoxy groups -OCH3 is 1. The van der Waals surface area contributed by atoms with Crippen LogP contribution in [0.3, 0.4) is 0 Å². The Balaban J connectivity index is 1.96. The summed E-state index contributed by atoms with van der Waals surface area (Å²) in [6, 6.07) is 8.78. The lowest BCUT2D eigenvalue weighted by atomic mass is 10.1. The van der Waals surface area contributed by atoms with Crippen molar-refractivity contribution in [3.05, 3.63) is 63.2 Å². The maximum Gasteiger partial charge on any atom is 0.387 e. The number of hydrogen-bond acceptors (Lipinski definition) is 4. The Morgan fingerprint density at radius 1 is 1.26 bits per heavy atom. The van der Waals surface area contributed by atoms with E-state index >= 15 is 0 Å². The first-order valence-electron chi connectivity index (χ1n) is 9.78. The van der Waals surface area contributed by atoms with Gasteiger partial charge in [0.15, 0.2) is 0 Å². The molecule has 9 heteroatoms. The van der Waals surface area contributed by atoms with E-state index in [4.69, 9.17) is 4.74 Å². The van der Waals surface area contributed by atoms with E-state index in [-0.39, 0.29) is 23.9 Å². The van der Waals surface area contributed by atoms with Crippen molar-refractivity contribution < 1.29 is 23.0 Å². The van der Waals surface area contributed by atoms with E-state index in [0.717, 1.165) is 16.6 Å². The number of halogens is 2. The van der Waals surface area contributed by atoms with Crippen molar-refractivity contribution in [2.45, 2.75) is 40.0 Å². The second kappa shape index (κ2) is 9.30. The fourth-order valence-electron chi connectivity index (χ4n) is 3.87. The van der Waals surface area contributed by atoms with Gasteiger partial charge in [-0.05, 0) is 26.8 Å². The smallest absolute Gasteiger partial charge is 0.387 e. The summed E-state index contributed by atoms with van der Waals surface area (Å²) in [6.45, 7) is 2.51. The molecule has 166 valence electrons. The number of aromatic amines is 1. The highest BCUT2D eigenvalue weighted by atomic mass is 19.3. The van der Waals surface area contributed by atoms with Crippen LogP contribution in [0.1, 0.15) is 40.3 Å². The summed E-state index contributed by atoms with van der Waals surface area (Å²) < 4.78 is 37.3. The molecule has 3 aromatic rings. The third kappa shape index (κ3) is 4.61. The Bertz CT molecular complexity index is 1150. The van der Waals surface area contributed by atoms with Gasteiger partial charge in [-0.3, -0.25) is 9.59 Å². The van der Waals surface area contributed by atoms with Crippen LogP contribution in [0.2, 0.25) is 0 Å². The summed E-state index contributed by atoms with van der Waals surface area (Å²) in [5.41, 5.74) is 1.78. The zero-order valence-corrected chi connectivity index (χ0v) is 17.8. The average Bonchev–Trinajstić information content (AvgIpc) is 2.98. The molecular formula is C22H25F2N3O4. The number of carbonyl (C=O) groups is 1. The molecule has 0 aliphatic rings. The Hall–Kier alpha value is -3.20. The predicted molar refractivity (Wildman–Crippen MR) is 113 cm³/mol. The van der Waals surface area contributed by atoms with Crippen LogP contribution in [0.15, 0.2) is 35.1 Å². The predicted octanol–water partition coefficient (Wildman–Crippen LogP) is 3.69. The van der Waals surface area contributed by atoms with Gasteiger partial charge in [0, 0.05) is 35.5 Å². The molecule has 0 aliphatic carbocycles. The highest BCUT2D eigenvalue weighted by molar-refractivity contribution is 6.08. The third-order valence-electron chi connectivity index (χ3n) is 5.10. The van der Waals surface area contributed by atoms with Crippen LogP contribution in [0.5, 0.6) is 5.75 Å². The molecule has 1 atom stereocenters. The van der Waals surface area contributed by atoms with Crippen molar-refractivity contribution in [1.29, 1.82) is 0 Å². The number of amides is 1. The number of ether oxygens (including phenoxy) is 2. The molecule has 2 aromatic heterocycles. The Labute approximate surface area is 178 Å². The second-order valence-electron chi connectivity index (χ2n) is 7.34. The lowest BCUT2D eigenvalue weighted by Gasteiger charge is -2.17. The molecule has 0 bridgehead atoms. The first-order chi connectivity index (χ1) is 14.7. The summed E-state index contributed by atoms with van der Waals surface area (Å²) in [7, 11) is 1.61. The number of aryl methyl sites for hydroxylation is 1. The molecule has 0 saturated heterocycles. The van der Waals surface area contributed by atoms with Crippen LogP contribution in [0.4, 0.5) is 8.78 Å². The van der Waals surface area contributed by atoms with Crippen molar-refractivity contribution in [2.75, 3.05) is 13.7 Å². The number of alkyl halides is 2. The topological polar surface area (TPSA) is 85.3 Å². The maximum atomic E-state index is 13.1. The summed E-state index contributed by atoms with van der Waals surface area (Å²) in [6.07, 6.45) is 0. The molecule has 2 heterocycles. The summed E-state index contributed by atoms with van der Waals surface area (Å²) >= 11 is 0. The number of nitrogens with one attached hydrogen (secondary N) is 2. The molecule has 1 unspecified atom stereocenters. The minimum Gasteiger partial charge on any atom is -0.434 e. The van der Waals surface area contributed by atoms with Gasteiger partial charge in [-0.15, -0.1) is 0 Å². The van der Waals surface area contributed by atoms with Crippen molar-refractivity contribution in [1.82, 2.24) is 14.9 Å². The lowest BCUT2D eigenvalue weighted by Crippen LogP contribution is -2.28. The monoisotopic (exact) mass is 433 g/mol. The Morgan fingerprint density at radius 2 is 1.97 bits per heavy atom. The molecular weight excluding hydrogens is 408 g/mol. The summed E-state index contributed by atoms with van der Waals surface area (Å²) in [5.74, 6) is -0.676. The van der Waals surface area contributed by atoms with Gasteiger partial charge in [0.2, 0.25) is 0 Å². The number of benzene rings is 1. The zero-order chi connectivity index (χ0) is 22.7. The van der Waals surface area contributed by atoms with Gasteiger partial charge in [0.25, 0.3) is 11.5 Å². The number of nitrogens with zero attached hydrogens (tertiary/aromatic N) is 1. The molecule has 3 rings (SSSR count). The number of hydrogen-bond donors (Lipinski definition) is 2. The number of rotatable bonds is 8. The van der Waals surface area contributed by atoms with Gasteiger partial charge in [0.1, 0.15) is 5.75 Å². The van der Waals surface area contributed by atoms with Crippen LogP contribution < -0.4 is 15.6 Å². The van der Waals surface area contributed by atoms with Gasteiger partial charge >= 0.3 is 6.61 Å². The minimum atomic E-state index is -3.09. The van der Waals surface area contributed by atoms with Crippen LogP contribution in [-0.2, 0) is 11.3 Å². The Morgan fingerprint density at radius 3 is 2.65 bits per heavy atom. The van der Waals surface area contributed by atoms with E-state index in [1.165, 1.54) is 6.07 Å². The van der Waals surface area contributed by atoms with E-state index in [9.17, 15) is 18.4 Å². The van der Waals surface area contributed by atoms with E-state index in [1.807, 2.05) is 42.7 Å². The van der Waals surface area contributed by atoms with Crippen LogP contribution in [-0.4, -0.2) is 35.8 Å². The number of aromatic nitrogens is 2.